The minimum Gasteiger partial charge on any atom is -0.503 e. The van der Waals surface area contributed by atoms with E-state index in [0.29, 0.717) is 36.4 Å². The molecule has 2 fully saturated rings. The molecule has 2 aliphatic heterocycles. The van der Waals surface area contributed by atoms with Crippen molar-refractivity contribution in [3.63, 3.8) is 0 Å². The summed E-state index contributed by atoms with van der Waals surface area (Å²) >= 11 is 0. The summed E-state index contributed by atoms with van der Waals surface area (Å²) in [6.45, 7) is 2.30. The van der Waals surface area contributed by atoms with E-state index >= 15 is 0 Å². The highest BCUT2D eigenvalue weighted by Crippen LogP contribution is 2.35. The number of aryl methyl sites for hydroxylation is 2. The number of nitrogens with one attached hydrogen (secondary N) is 2. The quantitative estimate of drug-likeness (QED) is 0.114. The van der Waals surface area contributed by atoms with E-state index in [1.807, 2.05) is 47.3 Å². The molecule has 1 aliphatic carbocycles. The van der Waals surface area contributed by atoms with Crippen LogP contribution in [0, 0.1) is 23.4 Å². The Morgan fingerprint density at radius 1 is 0.968 bits per heavy atom. The van der Waals surface area contributed by atoms with Crippen molar-refractivity contribution in [2.24, 2.45) is 13.0 Å². The van der Waals surface area contributed by atoms with Crippen molar-refractivity contribution in [3.05, 3.63) is 99.0 Å². The zero-order valence-electron chi connectivity index (χ0n) is 34.1. The zero-order valence-corrected chi connectivity index (χ0v) is 34.1. The number of carbonyl (C=O) groups is 3. The number of piperidine rings is 1. The molecule has 3 N–H and O–H groups in total. The van der Waals surface area contributed by atoms with Crippen molar-refractivity contribution in [1.29, 1.82) is 0 Å². The molecule has 0 bridgehead atoms. The van der Waals surface area contributed by atoms with Gasteiger partial charge in [0.25, 0.3) is 5.91 Å². The van der Waals surface area contributed by atoms with Gasteiger partial charge in [0.05, 0.1) is 46.5 Å². The molecule has 18 heteroatoms. The normalized spacial score (nSPS) is 19.3. The van der Waals surface area contributed by atoms with E-state index in [4.69, 9.17) is 19.8 Å². The number of aromatic hydroxyl groups is 1. The van der Waals surface area contributed by atoms with Gasteiger partial charge in [-0.1, -0.05) is 18.2 Å². The number of ether oxygens (including phenoxy) is 1. The number of imide groups is 1. The van der Waals surface area contributed by atoms with Crippen molar-refractivity contribution in [1.82, 2.24) is 44.4 Å². The van der Waals surface area contributed by atoms with E-state index in [1.165, 1.54) is 4.57 Å². The Kier molecular flexibility index (Phi) is 10.8. The predicted molar refractivity (Wildman–Crippen MR) is 220 cm³/mol. The number of benzene rings is 3. The number of halogens is 3. The number of phenolic OH excluding ortho intramolecular Hbond substituents is 1. The summed E-state index contributed by atoms with van der Waals surface area (Å²) in [5.41, 5.74) is 4.85. The number of rotatable bonds is 11. The van der Waals surface area contributed by atoms with Gasteiger partial charge >= 0.3 is 5.69 Å². The maximum atomic E-state index is 14.2. The fourth-order valence-corrected chi connectivity index (χ4v) is 9.10. The van der Waals surface area contributed by atoms with Gasteiger partial charge in [-0.25, -0.2) is 18.6 Å². The molecule has 5 heterocycles. The van der Waals surface area contributed by atoms with Crippen molar-refractivity contribution in [2.45, 2.75) is 76.5 Å². The minimum absolute atomic E-state index is 0.0891. The number of phenols is 1. The Morgan fingerprint density at radius 3 is 2.55 bits per heavy atom. The van der Waals surface area contributed by atoms with Crippen molar-refractivity contribution in [3.8, 4) is 23.0 Å². The van der Waals surface area contributed by atoms with Gasteiger partial charge in [-0.3, -0.25) is 38.4 Å². The molecule has 62 heavy (non-hydrogen) atoms. The lowest BCUT2D eigenvalue weighted by molar-refractivity contribution is -0.135. The summed E-state index contributed by atoms with van der Waals surface area (Å²) in [5.74, 6) is -6.81. The molecule has 15 nitrogen and oxygen atoms in total. The average Bonchev–Trinajstić information content (AvgIpc) is 3.96. The average molecular weight is 852 g/mol. The second kappa shape index (κ2) is 16.4. The molecule has 3 amide bonds. The van der Waals surface area contributed by atoms with Crippen LogP contribution in [0.2, 0.25) is 0 Å². The highest BCUT2D eigenvalue weighted by Gasteiger charge is 2.32. The first-order chi connectivity index (χ1) is 29.9. The molecule has 0 spiro atoms. The highest BCUT2D eigenvalue weighted by molar-refractivity contribution is 6.00. The number of imidazole rings is 1. The third kappa shape index (κ3) is 7.56. The Labute approximate surface area is 352 Å². The summed E-state index contributed by atoms with van der Waals surface area (Å²) < 4.78 is 52.5. The van der Waals surface area contributed by atoms with Crippen LogP contribution < -0.4 is 21.1 Å². The molecule has 0 radical (unpaired) electrons. The van der Waals surface area contributed by atoms with Crippen molar-refractivity contribution >= 4 is 39.7 Å². The van der Waals surface area contributed by atoms with Crippen LogP contribution in [0.4, 0.5) is 13.2 Å². The number of aromatic nitrogens is 6. The van der Waals surface area contributed by atoms with Gasteiger partial charge in [-0.2, -0.15) is 14.5 Å². The maximum Gasteiger partial charge on any atom is 0.329 e. The first kappa shape index (κ1) is 40.8. The second-order valence-electron chi connectivity index (χ2n) is 16.4. The molecular weight excluding hydrogens is 808 g/mol. The molecule has 0 unspecified atom stereocenters. The lowest BCUT2D eigenvalue weighted by Gasteiger charge is -2.28. The number of amides is 3. The molecule has 1 saturated carbocycles. The van der Waals surface area contributed by atoms with E-state index < -0.39 is 46.6 Å². The summed E-state index contributed by atoms with van der Waals surface area (Å²) in [6, 6.07) is 11.7. The lowest BCUT2D eigenvalue weighted by atomic mass is 9.86. The van der Waals surface area contributed by atoms with Crippen LogP contribution >= 0.6 is 0 Å². The Hall–Kier alpha value is -6.56. The molecule has 9 rings (SSSR count). The minimum atomic E-state index is -1.79. The number of hydrogen-bond donors (Lipinski definition) is 3. The van der Waals surface area contributed by atoms with Gasteiger partial charge in [-0.05, 0) is 87.2 Å². The molecule has 6 aromatic rings. The van der Waals surface area contributed by atoms with Crippen LogP contribution in [0.3, 0.4) is 0 Å². The largest absolute Gasteiger partial charge is 0.503 e. The predicted octanol–water partition coefficient (Wildman–Crippen LogP) is 5.37. The standard InChI is InChI=1S/C44H44F3N9O6/c1-53-35-16-23(7-12-33(35)56(44(53)61)34-13-14-36(57)50-42(34)60)4-3-15-54-21-29-32(22-54)49-40(51-43(29)62-2)25-8-9-26-20-55(52-31(26)17-25)27-10-5-24(6-11-27)19-48-41(59)28-18-30(45)39(58)38(47)37(28)46/h7-9,12,16-18,20,24,27,34,58H,3-6,10-11,13-15,19,21-22H2,1-2H3,(H,48,59)(H,50,57,60)/t24?,27?,34-/m1/s1. The van der Waals surface area contributed by atoms with Crippen LogP contribution in [0.25, 0.3) is 33.3 Å². The monoisotopic (exact) mass is 851 g/mol. The van der Waals surface area contributed by atoms with Gasteiger partial charge in [0.15, 0.2) is 23.2 Å². The van der Waals surface area contributed by atoms with Crippen LogP contribution in [0.5, 0.6) is 11.6 Å². The van der Waals surface area contributed by atoms with E-state index in [2.05, 4.69) is 15.5 Å². The highest BCUT2D eigenvalue weighted by atomic mass is 19.2. The second-order valence-corrected chi connectivity index (χ2v) is 16.4. The lowest BCUT2D eigenvalue weighted by Crippen LogP contribution is -2.44. The van der Waals surface area contributed by atoms with Gasteiger partial charge in [0.2, 0.25) is 23.5 Å². The van der Waals surface area contributed by atoms with Crippen molar-refractivity contribution < 1.29 is 37.4 Å². The molecular formula is C44H44F3N9O6. The topological polar surface area (TPSA) is 178 Å². The van der Waals surface area contributed by atoms with Crippen molar-refractivity contribution in [2.75, 3.05) is 20.2 Å². The number of nitrogens with zero attached hydrogens (tertiary/aromatic N) is 7. The fourth-order valence-electron chi connectivity index (χ4n) is 9.10. The molecule has 3 aromatic heterocycles. The Bertz CT molecular complexity index is 2850. The van der Waals surface area contributed by atoms with Crippen LogP contribution in [0.1, 0.15) is 84.2 Å². The number of fused-ring (bicyclic) bond motifs is 3. The molecule has 1 atom stereocenters. The van der Waals surface area contributed by atoms with E-state index in [-0.39, 0.29) is 42.9 Å². The smallest absolute Gasteiger partial charge is 0.329 e. The summed E-state index contributed by atoms with van der Waals surface area (Å²) in [6.07, 6.45) is 7.21. The van der Waals surface area contributed by atoms with Gasteiger partial charge in [0.1, 0.15) is 6.04 Å². The third-order valence-electron chi connectivity index (χ3n) is 12.5. The van der Waals surface area contributed by atoms with E-state index in [9.17, 15) is 37.5 Å². The molecule has 3 aromatic carbocycles. The Morgan fingerprint density at radius 2 is 1.77 bits per heavy atom. The first-order valence-electron chi connectivity index (χ1n) is 20.7. The van der Waals surface area contributed by atoms with Crippen LogP contribution in [-0.2, 0) is 36.1 Å². The number of hydrogen-bond acceptors (Lipinski definition) is 10. The third-order valence-corrected chi connectivity index (χ3v) is 12.5. The van der Waals surface area contributed by atoms with E-state index in [0.717, 1.165) is 83.9 Å². The van der Waals surface area contributed by atoms with Gasteiger partial charge < -0.3 is 15.2 Å². The fraction of sp³-hybridized carbons (Fsp3) is 0.386. The SMILES string of the molecule is COc1nc(-c2ccc3cn(C4CCC(CNC(=O)c5cc(F)c(O)c(F)c5F)CC4)nc3c2)nc2c1CN(CCCc1ccc3c(c1)n(C)c(=O)n3[C@@H]1CCC(=O)NC1=O)C2. The molecule has 1 saturated heterocycles. The summed E-state index contributed by atoms with van der Waals surface area (Å²) in [4.78, 5) is 62.1. The number of carbonyl (C=O) groups excluding carboxylic acids is 3. The van der Waals surface area contributed by atoms with E-state index in [1.54, 1.807) is 18.7 Å². The van der Waals surface area contributed by atoms with Crippen LogP contribution in [0.15, 0.2) is 53.5 Å². The first-order valence-corrected chi connectivity index (χ1v) is 20.7. The number of methoxy groups -OCH3 is 1. The molecule has 3 aliphatic rings. The molecule has 322 valence electrons. The van der Waals surface area contributed by atoms with Gasteiger partial charge in [0, 0.05) is 50.2 Å². The van der Waals surface area contributed by atoms with Gasteiger partial charge in [-0.15, -0.1) is 0 Å². The zero-order chi connectivity index (χ0) is 43.4. The summed E-state index contributed by atoms with van der Waals surface area (Å²) in [7, 11) is 3.30. The Balaban J connectivity index is 0.809. The maximum absolute atomic E-state index is 14.2. The van der Waals surface area contributed by atoms with Crippen LogP contribution in [-0.4, -0.2) is 76.8 Å². The summed E-state index contributed by atoms with van der Waals surface area (Å²) in [5, 5.41) is 20.1.